The van der Waals surface area contributed by atoms with Gasteiger partial charge in [-0.2, -0.15) is 0 Å². The first-order valence-corrected chi connectivity index (χ1v) is 4.36. The van der Waals surface area contributed by atoms with Crippen molar-refractivity contribution in [2.24, 2.45) is 0 Å². The van der Waals surface area contributed by atoms with Gasteiger partial charge in [0.05, 0.1) is 0 Å². The Morgan fingerprint density at radius 2 is 1.85 bits per heavy atom. The lowest BCUT2D eigenvalue weighted by atomic mass is 9.96. The highest BCUT2D eigenvalue weighted by Gasteiger charge is 2.05. The van der Waals surface area contributed by atoms with E-state index < -0.39 is 0 Å². The molecule has 0 heterocycles. The molecule has 0 atom stereocenters. The Morgan fingerprint density at radius 1 is 1.08 bits per heavy atom. The highest BCUT2D eigenvalue weighted by Crippen LogP contribution is 2.21. The van der Waals surface area contributed by atoms with Crippen molar-refractivity contribution in [2.75, 3.05) is 0 Å². The fourth-order valence-corrected chi connectivity index (χ4v) is 1.45. The molecule has 0 radical (unpaired) electrons. The second-order valence-electron chi connectivity index (χ2n) is 3.12. The van der Waals surface area contributed by atoms with Crippen LogP contribution in [0.5, 0.6) is 0 Å². The summed E-state index contributed by atoms with van der Waals surface area (Å²) in [5.74, 6) is 0. The van der Waals surface area contributed by atoms with E-state index in [0.29, 0.717) is 5.71 Å². The van der Waals surface area contributed by atoms with Crippen LogP contribution in [0.15, 0.2) is 48.6 Å². The summed E-state index contributed by atoms with van der Waals surface area (Å²) in [5.41, 5.74) is 3.13. The fourth-order valence-electron chi connectivity index (χ4n) is 1.45. The van der Waals surface area contributed by atoms with E-state index in [0.717, 1.165) is 6.42 Å². The predicted octanol–water partition coefficient (Wildman–Crippen LogP) is 3.05. The third-order valence-corrected chi connectivity index (χ3v) is 2.12. The Bertz CT molecular complexity index is 371. The molecule has 0 bridgehead atoms. The van der Waals surface area contributed by atoms with Gasteiger partial charge in [-0.1, -0.05) is 42.5 Å². The van der Waals surface area contributed by atoms with E-state index in [9.17, 15) is 0 Å². The molecule has 1 heteroatoms. The van der Waals surface area contributed by atoms with Crippen molar-refractivity contribution in [3.63, 3.8) is 0 Å². The minimum Gasteiger partial charge on any atom is -0.305 e. The summed E-state index contributed by atoms with van der Waals surface area (Å²) < 4.78 is 0. The molecule has 1 aliphatic rings. The zero-order valence-corrected chi connectivity index (χ0v) is 7.33. The van der Waals surface area contributed by atoms with Gasteiger partial charge in [0.25, 0.3) is 0 Å². The molecule has 0 aliphatic heterocycles. The molecular weight excluding hydrogens is 158 g/mol. The quantitative estimate of drug-likeness (QED) is 0.668. The largest absolute Gasteiger partial charge is 0.305 e. The molecule has 1 aromatic carbocycles. The average Bonchev–Trinajstić information content (AvgIpc) is 2.19. The molecule has 0 saturated heterocycles. The van der Waals surface area contributed by atoms with Crippen LogP contribution in [0.4, 0.5) is 0 Å². The van der Waals surface area contributed by atoms with Gasteiger partial charge < -0.3 is 5.41 Å². The van der Waals surface area contributed by atoms with Crippen molar-refractivity contribution in [1.82, 2.24) is 0 Å². The molecule has 1 aliphatic carbocycles. The zero-order valence-electron chi connectivity index (χ0n) is 7.33. The van der Waals surface area contributed by atoms with E-state index in [-0.39, 0.29) is 0 Å². The topological polar surface area (TPSA) is 23.9 Å². The van der Waals surface area contributed by atoms with Gasteiger partial charge in [0.2, 0.25) is 0 Å². The molecule has 0 unspecified atom stereocenters. The molecule has 13 heavy (non-hydrogen) atoms. The monoisotopic (exact) mass is 169 g/mol. The molecule has 0 fully saturated rings. The van der Waals surface area contributed by atoms with Crippen LogP contribution in [-0.4, -0.2) is 5.71 Å². The maximum Gasteiger partial charge on any atom is 0.0357 e. The minimum absolute atomic E-state index is 0.682. The minimum atomic E-state index is 0.682. The van der Waals surface area contributed by atoms with E-state index in [4.69, 9.17) is 5.41 Å². The van der Waals surface area contributed by atoms with Crippen LogP contribution in [0.3, 0.4) is 0 Å². The molecule has 1 nitrogen and oxygen atoms in total. The number of benzene rings is 1. The summed E-state index contributed by atoms with van der Waals surface area (Å²) in [5, 5.41) is 7.54. The molecule has 0 spiro atoms. The number of hydrogen-bond acceptors (Lipinski definition) is 1. The fraction of sp³-hybridized carbons (Fsp3) is 0.0833. The summed E-state index contributed by atoms with van der Waals surface area (Å²) in [6.07, 6.45) is 6.61. The van der Waals surface area contributed by atoms with Gasteiger partial charge in [0.15, 0.2) is 0 Å². The maximum atomic E-state index is 7.54. The van der Waals surface area contributed by atoms with Gasteiger partial charge >= 0.3 is 0 Å². The summed E-state index contributed by atoms with van der Waals surface area (Å²) >= 11 is 0. The average molecular weight is 169 g/mol. The lowest BCUT2D eigenvalue weighted by Gasteiger charge is -2.09. The molecule has 1 N–H and O–H groups in total. The number of rotatable bonds is 1. The lowest BCUT2D eigenvalue weighted by molar-refractivity contribution is 1.37. The van der Waals surface area contributed by atoms with Crippen LogP contribution in [0.25, 0.3) is 5.57 Å². The van der Waals surface area contributed by atoms with E-state index >= 15 is 0 Å². The Labute approximate surface area is 77.9 Å². The van der Waals surface area contributed by atoms with E-state index in [1.165, 1.54) is 11.1 Å². The van der Waals surface area contributed by atoms with Crippen molar-refractivity contribution in [1.29, 1.82) is 5.41 Å². The first-order chi connectivity index (χ1) is 6.36. The van der Waals surface area contributed by atoms with Crippen LogP contribution in [0.2, 0.25) is 0 Å². The van der Waals surface area contributed by atoms with Gasteiger partial charge in [0, 0.05) is 12.1 Å². The van der Waals surface area contributed by atoms with E-state index in [1.54, 1.807) is 0 Å². The van der Waals surface area contributed by atoms with Crippen LogP contribution in [0, 0.1) is 5.41 Å². The Balaban J connectivity index is 2.33. The predicted molar refractivity (Wildman–Crippen MR) is 55.9 cm³/mol. The smallest absolute Gasteiger partial charge is 0.0357 e. The second-order valence-corrected chi connectivity index (χ2v) is 3.12. The lowest BCUT2D eigenvalue weighted by Crippen LogP contribution is -1.97. The van der Waals surface area contributed by atoms with E-state index in [2.05, 4.69) is 18.2 Å². The SMILES string of the molecule is N=C1C=CC=C(c2ccccc2)C1. The molecule has 0 saturated carbocycles. The molecule has 64 valence electrons. The first-order valence-electron chi connectivity index (χ1n) is 4.36. The van der Waals surface area contributed by atoms with Crippen LogP contribution in [-0.2, 0) is 0 Å². The summed E-state index contributed by atoms with van der Waals surface area (Å²) in [6.45, 7) is 0. The van der Waals surface area contributed by atoms with Gasteiger partial charge in [-0.3, -0.25) is 0 Å². The Morgan fingerprint density at radius 3 is 2.54 bits per heavy atom. The van der Waals surface area contributed by atoms with Crippen molar-refractivity contribution in [2.45, 2.75) is 6.42 Å². The van der Waals surface area contributed by atoms with Crippen molar-refractivity contribution < 1.29 is 0 Å². The van der Waals surface area contributed by atoms with Crippen molar-refractivity contribution >= 4 is 11.3 Å². The third kappa shape index (κ3) is 1.75. The van der Waals surface area contributed by atoms with Crippen molar-refractivity contribution in [3.05, 3.63) is 54.1 Å². The van der Waals surface area contributed by atoms with Crippen molar-refractivity contribution in [3.8, 4) is 0 Å². The molecule has 0 aromatic heterocycles. The zero-order chi connectivity index (χ0) is 9.10. The highest BCUT2D eigenvalue weighted by molar-refractivity contribution is 6.02. The van der Waals surface area contributed by atoms with Gasteiger partial charge in [0.1, 0.15) is 0 Å². The van der Waals surface area contributed by atoms with E-state index in [1.807, 2.05) is 30.4 Å². The standard InChI is InChI=1S/C12H11N/c13-12-8-4-7-11(9-12)10-5-2-1-3-6-10/h1-8,13H,9H2. The van der Waals surface area contributed by atoms with Gasteiger partial charge in [-0.25, -0.2) is 0 Å². The summed E-state index contributed by atoms with van der Waals surface area (Å²) in [7, 11) is 0. The summed E-state index contributed by atoms with van der Waals surface area (Å²) in [4.78, 5) is 0. The highest BCUT2D eigenvalue weighted by atomic mass is 14.4. The molecule has 0 amide bonds. The second kappa shape index (κ2) is 3.40. The molecule has 1 aromatic rings. The Kier molecular flexibility index (Phi) is 2.09. The third-order valence-electron chi connectivity index (χ3n) is 2.12. The van der Waals surface area contributed by atoms with Gasteiger partial charge in [-0.15, -0.1) is 0 Å². The van der Waals surface area contributed by atoms with Crippen LogP contribution < -0.4 is 0 Å². The number of allylic oxidation sites excluding steroid dienone is 4. The molecular formula is C12H11N. The molecule has 2 rings (SSSR count). The number of hydrogen-bond donors (Lipinski definition) is 1. The summed E-state index contributed by atoms with van der Waals surface area (Å²) in [6, 6.07) is 10.2. The number of nitrogens with one attached hydrogen (secondary N) is 1. The maximum absolute atomic E-state index is 7.54. The first kappa shape index (κ1) is 7.99. The van der Waals surface area contributed by atoms with Gasteiger partial charge in [-0.05, 0) is 17.2 Å². The van der Waals surface area contributed by atoms with Crippen LogP contribution in [0.1, 0.15) is 12.0 Å². The Hall–Kier alpha value is -1.63. The normalized spacial score (nSPS) is 15.7. The van der Waals surface area contributed by atoms with Crippen LogP contribution >= 0.6 is 0 Å².